The zero-order valence-corrected chi connectivity index (χ0v) is 14.0. The number of nitrogens with one attached hydrogen (secondary N) is 2. The molecule has 25 heavy (non-hydrogen) atoms. The molecule has 2 heterocycles. The number of nitrogens with zero attached hydrogens (tertiary/aromatic N) is 1. The molecule has 0 radical (unpaired) electrons. The summed E-state index contributed by atoms with van der Waals surface area (Å²) in [5.74, 6) is -0.124. The van der Waals surface area contributed by atoms with Gasteiger partial charge >= 0.3 is 0 Å². The lowest BCUT2D eigenvalue weighted by molar-refractivity contribution is 0.101. The number of anilines is 1. The number of carbonyl (C=O) groups excluding carboxylic acids is 1. The third kappa shape index (κ3) is 2.79. The Morgan fingerprint density at radius 2 is 2.04 bits per heavy atom. The first kappa shape index (κ1) is 15.5. The standard InChI is InChI=1S/C20H19N3O2/c1-25-12-11-23-18-8-3-2-5-14(18)13-19(23)20(24)22-17-7-4-6-16-15(17)9-10-21-16/h2-10,13,21H,11-12H2,1H3,(H,22,24). The van der Waals surface area contributed by atoms with Crippen molar-refractivity contribution in [3.8, 4) is 0 Å². The molecule has 0 unspecified atom stereocenters. The van der Waals surface area contributed by atoms with Crippen molar-refractivity contribution in [2.75, 3.05) is 19.0 Å². The van der Waals surface area contributed by atoms with E-state index in [0.29, 0.717) is 18.8 Å². The van der Waals surface area contributed by atoms with E-state index in [1.54, 1.807) is 7.11 Å². The molecule has 4 rings (SSSR count). The van der Waals surface area contributed by atoms with Gasteiger partial charge in [0, 0.05) is 41.7 Å². The lowest BCUT2D eigenvalue weighted by atomic mass is 10.2. The van der Waals surface area contributed by atoms with Crippen molar-refractivity contribution >= 4 is 33.4 Å². The fraction of sp³-hybridized carbons (Fsp3) is 0.150. The first-order chi connectivity index (χ1) is 12.3. The van der Waals surface area contributed by atoms with Crippen molar-refractivity contribution in [2.24, 2.45) is 0 Å². The highest BCUT2D eigenvalue weighted by Gasteiger charge is 2.16. The highest BCUT2D eigenvalue weighted by molar-refractivity contribution is 6.10. The van der Waals surface area contributed by atoms with Gasteiger partial charge in [-0.05, 0) is 30.3 Å². The van der Waals surface area contributed by atoms with Gasteiger partial charge in [-0.3, -0.25) is 4.79 Å². The molecule has 0 saturated carbocycles. The molecule has 0 aliphatic carbocycles. The molecule has 2 aromatic carbocycles. The number of aromatic nitrogens is 2. The van der Waals surface area contributed by atoms with E-state index >= 15 is 0 Å². The number of carbonyl (C=O) groups is 1. The van der Waals surface area contributed by atoms with Gasteiger partial charge in [-0.15, -0.1) is 0 Å². The molecule has 2 N–H and O–H groups in total. The second-order valence-corrected chi connectivity index (χ2v) is 5.93. The van der Waals surface area contributed by atoms with E-state index in [4.69, 9.17) is 4.74 Å². The van der Waals surface area contributed by atoms with Crippen LogP contribution in [0.15, 0.2) is 60.8 Å². The molecule has 0 aliphatic heterocycles. The number of hydrogen-bond acceptors (Lipinski definition) is 2. The van der Waals surface area contributed by atoms with Crippen LogP contribution in [0, 0.1) is 0 Å². The summed E-state index contributed by atoms with van der Waals surface area (Å²) in [5.41, 5.74) is 3.46. The fourth-order valence-corrected chi connectivity index (χ4v) is 3.20. The van der Waals surface area contributed by atoms with E-state index < -0.39 is 0 Å². The predicted octanol–water partition coefficient (Wildman–Crippen LogP) is 4.02. The summed E-state index contributed by atoms with van der Waals surface area (Å²) in [6.45, 7) is 1.17. The zero-order valence-electron chi connectivity index (χ0n) is 14.0. The summed E-state index contributed by atoms with van der Waals surface area (Å²) >= 11 is 0. The minimum absolute atomic E-state index is 0.124. The molecule has 0 bridgehead atoms. The molecule has 0 atom stereocenters. The van der Waals surface area contributed by atoms with Gasteiger partial charge in [0.2, 0.25) is 0 Å². The monoisotopic (exact) mass is 333 g/mol. The molecule has 5 nitrogen and oxygen atoms in total. The maximum absolute atomic E-state index is 13.0. The maximum atomic E-state index is 13.0. The predicted molar refractivity (Wildman–Crippen MR) is 100 cm³/mol. The van der Waals surface area contributed by atoms with Gasteiger partial charge in [-0.25, -0.2) is 0 Å². The number of para-hydroxylation sites is 1. The largest absolute Gasteiger partial charge is 0.383 e. The minimum Gasteiger partial charge on any atom is -0.383 e. The Hall–Kier alpha value is -3.05. The second-order valence-electron chi connectivity index (χ2n) is 5.93. The highest BCUT2D eigenvalue weighted by atomic mass is 16.5. The molecule has 0 spiro atoms. The lowest BCUT2D eigenvalue weighted by Crippen LogP contribution is -2.18. The van der Waals surface area contributed by atoms with Crippen molar-refractivity contribution in [3.05, 3.63) is 66.5 Å². The van der Waals surface area contributed by atoms with Crippen molar-refractivity contribution in [2.45, 2.75) is 6.54 Å². The average molecular weight is 333 g/mol. The van der Waals surface area contributed by atoms with Crippen LogP contribution in [0.2, 0.25) is 0 Å². The van der Waals surface area contributed by atoms with Crippen LogP contribution in [0.1, 0.15) is 10.5 Å². The molecule has 0 fully saturated rings. The molecule has 1 amide bonds. The molecule has 2 aromatic heterocycles. The van der Waals surface area contributed by atoms with Crippen LogP contribution in [0.3, 0.4) is 0 Å². The molecule has 0 aliphatic rings. The molecule has 4 aromatic rings. The van der Waals surface area contributed by atoms with Gasteiger partial charge in [0.1, 0.15) is 5.69 Å². The number of fused-ring (bicyclic) bond motifs is 2. The summed E-state index contributed by atoms with van der Waals surface area (Å²) < 4.78 is 7.21. The number of aromatic amines is 1. The van der Waals surface area contributed by atoms with Crippen LogP contribution >= 0.6 is 0 Å². The van der Waals surface area contributed by atoms with Crippen LogP contribution < -0.4 is 5.32 Å². The Balaban J connectivity index is 1.73. The van der Waals surface area contributed by atoms with E-state index in [-0.39, 0.29) is 5.91 Å². The van der Waals surface area contributed by atoms with Gasteiger partial charge in [0.25, 0.3) is 5.91 Å². The normalized spacial score (nSPS) is 11.2. The number of methoxy groups -OCH3 is 1. The fourth-order valence-electron chi connectivity index (χ4n) is 3.20. The summed E-state index contributed by atoms with van der Waals surface area (Å²) in [5, 5.41) is 5.09. The number of hydrogen-bond donors (Lipinski definition) is 2. The first-order valence-electron chi connectivity index (χ1n) is 8.22. The van der Waals surface area contributed by atoms with Gasteiger partial charge < -0.3 is 19.6 Å². The van der Waals surface area contributed by atoms with Crippen LogP contribution in [-0.4, -0.2) is 29.2 Å². The Kier molecular flexibility index (Phi) is 3.99. The third-order valence-electron chi connectivity index (χ3n) is 4.41. The van der Waals surface area contributed by atoms with E-state index in [9.17, 15) is 4.79 Å². The van der Waals surface area contributed by atoms with E-state index in [2.05, 4.69) is 10.3 Å². The number of rotatable bonds is 5. The molecule has 0 saturated heterocycles. The van der Waals surface area contributed by atoms with Crippen LogP contribution in [0.5, 0.6) is 0 Å². The van der Waals surface area contributed by atoms with Gasteiger partial charge in [-0.2, -0.15) is 0 Å². The van der Waals surface area contributed by atoms with Gasteiger partial charge in [0.15, 0.2) is 0 Å². The number of ether oxygens (including phenoxy) is 1. The summed E-state index contributed by atoms with van der Waals surface area (Å²) in [6, 6.07) is 17.7. The number of amides is 1. The van der Waals surface area contributed by atoms with Gasteiger partial charge in [0.05, 0.1) is 12.3 Å². The van der Waals surface area contributed by atoms with Crippen molar-refractivity contribution < 1.29 is 9.53 Å². The first-order valence-corrected chi connectivity index (χ1v) is 8.22. The van der Waals surface area contributed by atoms with Crippen LogP contribution in [0.4, 0.5) is 5.69 Å². The van der Waals surface area contributed by atoms with E-state index in [1.165, 1.54) is 0 Å². The van der Waals surface area contributed by atoms with Gasteiger partial charge in [-0.1, -0.05) is 24.3 Å². The molecular weight excluding hydrogens is 314 g/mol. The van der Waals surface area contributed by atoms with Crippen LogP contribution in [-0.2, 0) is 11.3 Å². The summed E-state index contributed by atoms with van der Waals surface area (Å²) in [7, 11) is 1.66. The number of benzene rings is 2. The Bertz CT molecular complexity index is 1050. The van der Waals surface area contributed by atoms with E-state index in [0.717, 1.165) is 27.5 Å². The Morgan fingerprint density at radius 1 is 1.16 bits per heavy atom. The molecule has 126 valence electrons. The zero-order chi connectivity index (χ0) is 17.2. The highest BCUT2D eigenvalue weighted by Crippen LogP contribution is 2.25. The summed E-state index contributed by atoms with van der Waals surface area (Å²) in [4.78, 5) is 16.1. The van der Waals surface area contributed by atoms with E-state index in [1.807, 2.05) is 65.4 Å². The maximum Gasteiger partial charge on any atom is 0.272 e. The Labute approximate surface area is 145 Å². The smallest absolute Gasteiger partial charge is 0.272 e. The van der Waals surface area contributed by atoms with Crippen molar-refractivity contribution in [1.82, 2.24) is 9.55 Å². The topological polar surface area (TPSA) is 59.0 Å². The summed E-state index contributed by atoms with van der Waals surface area (Å²) in [6.07, 6.45) is 1.87. The molecular formula is C20H19N3O2. The molecule has 5 heteroatoms. The van der Waals surface area contributed by atoms with Crippen molar-refractivity contribution in [3.63, 3.8) is 0 Å². The van der Waals surface area contributed by atoms with Crippen molar-refractivity contribution in [1.29, 1.82) is 0 Å². The van der Waals surface area contributed by atoms with Crippen LogP contribution in [0.25, 0.3) is 21.8 Å². The number of H-pyrrole nitrogens is 1. The Morgan fingerprint density at radius 3 is 2.92 bits per heavy atom. The SMILES string of the molecule is COCCn1c(C(=O)Nc2cccc3[nH]ccc23)cc2ccccc21. The quantitative estimate of drug-likeness (QED) is 0.579. The lowest BCUT2D eigenvalue weighted by Gasteiger charge is -2.11. The minimum atomic E-state index is -0.124. The average Bonchev–Trinajstić information content (AvgIpc) is 3.25. The third-order valence-corrected chi connectivity index (χ3v) is 4.41. The second kappa shape index (κ2) is 6.45.